The summed E-state index contributed by atoms with van der Waals surface area (Å²) in [6, 6.07) is 8.05. The number of aryl methyl sites for hydroxylation is 1. The summed E-state index contributed by atoms with van der Waals surface area (Å²) in [6.07, 6.45) is 4.68. The number of hydrogen-bond acceptors (Lipinski definition) is 3. The number of nitrogens with one attached hydrogen (secondary N) is 1. The van der Waals surface area contributed by atoms with Gasteiger partial charge in [0.2, 0.25) is 5.91 Å². The molecule has 1 aromatic rings. The molecule has 0 radical (unpaired) electrons. The number of nitrogens with zero attached hydrogens (tertiary/aromatic N) is 1. The van der Waals surface area contributed by atoms with E-state index in [-0.39, 0.29) is 17.9 Å². The normalized spacial score (nSPS) is 17.7. The molecule has 2 amide bonds. The summed E-state index contributed by atoms with van der Waals surface area (Å²) in [4.78, 5) is 26.5. The molecule has 1 aliphatic heterocycles. The molecule has 0 bridgehead atoms. The summed E-state index contributed by atoms with van der Waals surface area (Å²) in [5, 5.41) is 2.98. The van der Waals surface area contributed by atoms with Gasteiger partial charge in [-0.3, -0.25) is 4.79 Å². The second-order valence-electron chi connectivity index (χ2n) is 8.06. The number of piperidine rings is 1. The van der Waals surface area contributed by atoms with E-state index in [1.54, 1.807) is 4.90 Å². The van der Waals surface area contributed by atoms with Crippen molar-refractivity contribution in [1.82, 2.24) is 4.90 Å². The minimum atomic E-state index is -0.522. The van der Waals surface area contributed by atoms with Gasteiger partial charge in [0.25, 0.3) is 0 Å². The summed E-state index contributed by atoms with van der Waals surface area (Å²) in [6.45, 7) is 8.79. The molecule has 1 atom stereocenters. The zero-order valence-corrected chi connectivity index (χ0v) is 16.5. The second-order valence-corrected chi connectivity index (χ2v) is 8.06. The number of unbranched alkanes of at least 4 members (excludes halogenated alkanes) is 1. The Morgan fingerprint density at radius 3 is 2.54 bits per heavy atom. The molecular weight excluding hydrogens is 328 g/mol. The van der Waals surface area contributed by atoms with Crippen LogP contribution in [0.2, 0.25) is 0 Å². The van der Waals surface area contributed by atoms with Crippen molar-refractivity contribution in [2.45, 2.75) is 65.4 Å². The zero-order chi connectivity index (χ0) is 19.2. The lowest BCUT2D eigenvalue weighted by atomic mass is 9.97. The van der Waals surface area contributed by atoms with Crippen molar-refractivity contribution < 1.29 is 14.3 Å². The first kappa shape index (κ1) is 20.3. The van der Waals surface area contributed by atoms with Gasteiger partial charge >= 0.3 is 6.09 Å². The SMILES string of the molecule is CCCCc1ccc(NC(=O)C2CCCN(C(=O)OC(C)(C)C)C2)cc1. The third kappa shape index (κ3) is 6.36. The molecule has 0 spiro atoms. The van der Waals surface area contributed by atoms with Gasteiger partial charge < -0.3 is 15.0 Å². The summed E-state index contributed by atoms with van der Waals surface area (Å²) in [7, 11) is 0. The average Bonchev–Trinajstić information content (AvgIpc) is 2.60. The number of anilines is 1. The maximum absolute atomic E-state index is 12.6. The molecule has 1 aliphatic rings. The van der Waals surface area contributed by atoms with E-state index < -0.39 is 5.60 Å². The molecular formula is C21H32N2O3. The highest BCUT2D eigenvalue weighted by atomic mass is 16.6. The minimum Gasteiger partial charge on any atom is -0.444 e. The highest BCUT2D eigenvalue weighted by Crippen LogP contribution is 2.21. The zero-order valence-electron chi connectivity index (χ0n) is 16.5. The maximum atomic E-state index is 12.6. The predicted octanol–water partition coefficient (Wildman–Crippen LogP) is 4.61. The van der Waals surface area contributed by atoms with E-state index in [2.05, 4.69) is 24.4 Å². The van der Waals surface area contributed by atoms with Crippen LogP contribution in [0.1, 0.15) is 58.9 Å². The molecule has 0 saturated carbocycles. The van der Waals surface area contributed by atoms with Gasteiger partial charge in [-0.05, 0) is 64.2 Å². The van der Waals surface area contributed by atoms with E-state index in [9.17, 15) is 9.59 Å². The monoisotopic (exact) mass is 360 g/mol. The number of benzene rings is 1. The van der Waals surface area contributed by atoms with Crippen LogP contribution in [0.25, 0.3) is 0 Å². The van der Waals surface area contributed by atoms with Gasteiger partial charge in [0.1, 0.15) is 5.60 Å². The lowest BCUT2D eigenvalue weighted by molar-refractivity contribution is -0.121. The Hall–Kier alpha value is -2.04. The smallest absolute Gasteiger partial charge is 0.410 e. The number of likely N-dealkylation sites (tertiary alicyclic amines) is 1. The van der Waals surface area contributed by atoms with Crippen LogP contribution >= 0.6 is 0 Å². The second kappa shape index (κ2) is 9.06. The first-order chi connectivity index (χ1) is 12.3. The molecule has 1 saturated heterocycles. The van der Waals surface area contributed by atoms with Gasteiger partial charge in [-0.15, -0.1) is 0 Å². The lowest BCUT2D eigenvalue weighted by Gasteiger charge is -2.33. The fourth-order valence-electron chi connectivity index (χ4n) is 3.06. The third-order valence-corrected chi connectivity index (χ3v) is 4.48. The molecule has 5 heteroatoms. The van der Waals surface area contributed by atoms with Crippen molar-refractivity contribution in [3.8, 4) is 0 Å². The number of carbonyl (C=O) groups excluding carboxylic acids is 2. The molecule has 1 unspecified atom stereocenters. The first-order valence-electron chi connectivity index (χ1n) is 9.66. The van der Waals surface area contributed by atoms with E-state index >= 15 is 0 Å². The Morgan fingerprint density at radius 1 is 1.23 bits per heavy atom. The van der Waals surface area contributed by atoms with Crippen molar-refractivity contribution in [1.29, 1.82) is 0 Å². The Morgan fingerprint density at radius 2 is 1.92 bits per heavy atom. The fraction of sp³-hybridized carbons (Fsp3) is 0.619. The van der Waals surface area contributed by atoms with E-state index in [0.717, 1.165) is 24.9 Å². The quantitative estimate of drug-likeness (QED) is 0.834. The van der Waals surface area contributed by atoms with Gasteiger partial charge in [-0.2, -0.15) is 0 Å². The number of hydrogen-bond donors (Lipinski definition) is 1. The highest BCUT2D eigenvalue weighted by molar-refractivity contribution is 5.93. The van der Waals surface area contributed by atoms with Crippen LogP contribution in [0.5, 0.6) is 0 Å². The van der Waals surface area contributed by atoms with Gasteiger partial charge in [-0.1, -0.05) is 25.5 Å². The molecule has 26 heavy (non-hydrogen) atoms. The Kier molecular flexibility index (Phi) is 7.06. The molecule has 1 heterocycles. The van der Waals surface area contributed by atoms with Crippen molar-refractivity contribution in [3.63, 3.8) is 0 Å². The van der Waals surface area contributed by atoms with Crippen LogP contribution in [-0.4, -0.2) is 35.6 Å². The predicted molar refractivity (Wildman–Crippen MR) is 104 cm³/mol. The van der Waals surface area contributed by atoms with Crippen LogP contribution < -0.4 is 5.32 Å². The average molecular weight is 360 g/mol. The summed E-state index contributed by atoms with van der Waals surface area (Å²) in [5.74, 6) is -0.226. The van der Waals surface area contributed by atoms with Gasteiger partial charge in [0.05, 0.1) is 5.92 Å². The Balaban J connectivity index is 1.89. The lowest BCUT2D eigenvalue weighted by Crippen LogP contribution is -2.45. The van der Waals surface area contributed by atoms with Crippen LogP contribution in [0.3, 0.4) is 0 Å². The topological polar surface area (TPSA) is 58.6 Å². The van der Waals surface area contributed by atoms with E-state index in [1.807, 2.05) is 32.9 Å². The summed E-state index contributed by atoms with van der Waals surface area (Å²) >= 11 is 0. The van der Waals surface area contributed by atoms with Crippen LogP contribution in [-0.2, 0) is 16.0 Å². The van der Waals surface area contributed by atoms with E-state index in [4.69, 9.17) is 4.74 Å². The van der Waals surface area contributed by atoms with Crippen LogP contribution in [0.4, 0.5) is 10.5 Å². The molecule has 0 aromatic heterocycles. The van der Waals surface area contributed by atoms with Crippen molar-refractivity contribution in [2.24, 2.45) is 5.92 Å². The summed E-state index contributed by atoms with van der Waals surface area (Å²) < 4.78 is 5.42. The molecule has 1 N–H and O–H groups in total. The van der Waals surface area contributed by atoms with Gasteiger partial charge in [0, 0.05) is 18.8 Å². The number of carbonyl (C=O) groups is 2. The number of amides is 2. The molecule has 5 nitrogen and oxygen atoms in total. The first-order valence-corrected chi connectivity index (χ1v) is 9.66. The molecule has 1 fully saturated rings. The number of ether oxygens (including phenoxy) is 1. The largest absolute Gasteiger partial charge is 0.444 e. The van der Waals surface area contributed by atoms with Crippen molar-refractivity contribution >= 4 is 17.7 Å². The Bertz CT molecular complexity index is 605. The van der Waals surface area contributed by atoms with E-state index in [1.165, 1.54) is 18.4 Å². The van der Waals surface area contributed by atoms with Gasteiger partial charge in [0.15, 0.2) is 0 Å². The number of rotatable bonds is 5. The minimum absolute atomic E-state index is 0.0282. The third-order valence-electron chi connectivity index (χ3n) is 4.48. The molecule has 1 aromatic carbocycles. The van der Waals surface area contributed by atoms with Crippen LogP contribution in [0.15, 0.2) is 24.3 Å². The fourth-order valence-corrected chi connectivity index (χ4v) is 3.06. The highest BCUT2D eigenvalue weighted by Gasteiger charge is 2.31. The molecule has 0 aliphatic carbocycles. The molecule has 144 valence electrons. The maximum Gasteiger partial charge on any atom is 0.410 e. The van der Waals surface area contributed by atoms with Gasteiger partial charge in [-0.25, -0.2) is 4.79 Å². The van der Waals surface area contributed by atoms with Crippen LogP contribution in [0, 0.1) is 5.92 Å². The van der Waals surface area contributed by atoms with Crippen molar-refractivity contribution in [2.75, 3.05) is 18.4 Å². The van der Waals surface area contributed by atoms with E-state index in [0.29, 0.717) is 13.1 Å². The standard InChI is InChI=1S/C21H32N2O3/c1-5-6-8-16-10-12-18(13-11-16)22-19(24)17-9-7-14-23(15-17)20(25)26-21(2,3)4/h10-13,17H,5-9,14-15H2,1-4H3,(H,22,24). The van der Waals surface area contributed by atoms with Crippen molar-refractivity contribution in [3.05, 3.63) is 29.8 Å². The Labute approximate surface area is 157 Å². The summed E-state index contributed by atoms with van der Waals surface area (Å²) in [5.41, 5.74) is 1.58. The molecule has 2 rings (SSSR count).